The summed E-state index contributed by atoms with van der Waals surface area (Å²) in [5.74, 6) is 0.0485. The number of esters is 1. The number of methoxy groups -OCH3 is 1. The second-order valence-corrected chi connectivity index (χ2v) is 7.61. The summed E-state index contributed by atoms with van der Waals surface area (Å²) in [6.45, 7) is 8.24. The molecule has 1 fully saturated rings. The maximum absolute atomic E-state index is 12.2. The van der Waals surface area contributed by atoms with E-state index in [9.17, 15) is 9.59 Å². The molecule has 1 amide bonds. The Bertz CT molecular complexity index is 754. The smallest absolute Gasteiger partial charge is 0.331 e. The monoisotopic (exact) mass is 425 g/mol. The van der Waals surface area contributed by atoms with Crippen molar-refractivity contribution < 1.29 is 28.5 Å². The molecule has 1 aliphatic rings. The molecule has 0 spiro atoms. The second-order valence-electron chi connectivity index (χ2n) is 7.20. The Kier molecular flexibility index (Phi) is 8.34. The minimum atomic E-state index is -0.620. The highest BCUT2D eigenvalue weighted by atomic mass is 35.5. The van der Waals surface area contributed by atoms with Gasteiger partial charge in [-0.05, 0) is 51.5 Å². The number of hydrogen-bond acceptors (Lipinski definition) is 6. The summed E-state index contributed by atoms with van der Waals surface area (Å²) in [7, 11) is 1.51. The van der Waals surface area contributed by atoms with Crippen LogP contribution < -0.4 is 9.47 Å². The highest BCUT2D eigenvalue weighted by Crippen LogP contribution is 2.37. The predicted molar refractivity (Wildman–Crippen MR) is 110 cm³/mol. The lowest BCUT2D eigenvalue weighted by Crippen LogP contribution is -2.49. The van der Waals surface area contributed by atoms with E-state index in [-0.39, 0.29) is 30.8 Å². The van der Waals surface area contributed by atoms with Gasteiger partial charge in [-0.15, -0.1) is 0 Å². The molecule has 2 atom stereocenters. The minimum absolute atomic E-state index is 0.0410. The highest BCUT2D eigenvalue weighted by Gasteiger charge is 2.26. The van der Waals surface area contributed by atoms with Crippen molar-refractivity contribution in [1.82, 2.24) is 4.90 Å². The number of rotatable bonds is 7. The van der Waals surface area contributed by atoms with Crippen molar-refractivity contribution in [2.45, 2.75) is 46.0 Å². The number of morpholine rings is 1. The van der Waals surface area contributed by atoms with E-state index in [2.05, 4.69) is 0 Å². The molecule has 1 saturated heterocycles. The molecule has 29 heavy (non-hydrogen) atoms. The van der Waals surface area contributed by atoms with E-state index in [0.29, 0.717) is 35.2 Å². The van der Waals surface area contributed by atoms with Crippen LogP contribution in [-0.4, -0.2) is 61.9 Å². The summed E-state index contributed by atoms with van der Waals surface area (Å²) in [6.07, 6.45) is 2.64. The number of carbonyl (C=O) groups excluding carboxylic acids is 2. The lowest BCUT2D eigenvalue weighted by Gasteiger charge is -2.35. The van der Waals surface area contributed by atoms with Crippen LogP contribution in [0.3, 0.4) is 0 Å². The zero-order valence-electron chi connectivity index (χ0n) is 17.4. The molecule has 0 aliphatic carbocycles. The molecule has 1 aliphatic heterocycles. The fourth-order valence-electron chi connectivity index (χ4n) is 3.00. The summed E-state index contributed by atoms with van der Waals surface area (Å²) in [5.41, 5.74) is 0.641. The molecule has 160 valence electrons. The zero-order chi connectivity index (χ0) is 21.6. The predicted octanol–water partition coefficient (Wildman–Crippen LogP) is 3.33. The number of hydrogen-bond donors (Lipinski definition) is 0. The van der Waals surface area contributed by atoms with E-state index in [1.54, 1.807) is 23.1 Å². The van der Waals surface area contributed by atoms with Crippen LogP contribution in [0.2, 0.25) is 5.02 Å². The van der Waals surface area contributed by atoms with Crippen LogP contribution >= 0.6 is 11.6 Å². The lowest BCUT2D eigenvalue weighted by molar-refractivity contribution is -0.154. The van der Waals surface area contributed by atoms with Gasteiger partial charge in [0.2, 0.25) is 0 Å². The minimum Gasteiger partial charge on any atom is -0.493 e. The molecular formula is C21H28ClNO6. The van der Waals surface area contributed by atoms with Crippen LogP contribution in [0, 0.1) is 0 Å². The van der Waals surface area contributed by atoms with Crippen molar-refractivity contribution in [3.63, 3.8) is 0 Å². The van der Waals surface area contributed by atoms with Gasteiger partial charge in [0, 0.05) is 19.2 Å². The van der Waals surface area contributed by atoms with Gasteiger partial charge in [-0.25, -0.2) is 4.79 Å². The first-order chi connectivity index (χ1) is 13.7. The van der Waals surface area contributed by atoms with Crippen molar-refractivity contribution in [2.75, 3.05) is 26.8 Å². The number of ether oxygens (including phenoxy) is 4. The normalized spacial score (nSPS) is 19.5. The largest absolute Gasteiger partial charge is 0.493 e. The van der Waals surface area contributed by atoms with Crippen molar-refractivity contribution in [1.29, 1.82) is 0 Å². The molecule has 1 heterocycles. The number of carbonyl (C=O) groups is 2. The topological polar surface area (TPSA) is 74.3 Å². The van der Waals surface area contributed by atoms with Gasteiger partial charge in [-0.1, -0.05) is 11.6 Å². The summed E-state index contributed by atoms with van der Waals surface area (Å²) < 4.78 is 21.6. The van der Waals surface area contributed by atoms with Gasteiger partial charge in [0.1, 0.15) is 0 Å². The second kappa shape index (κ2) is 10.5. The molecule has 0 N–H and O–H groups in total. The molecule has 0 aromatic heterocycles. The lowest BCUT2D eigenvalue weighted by atomic mass is 10.2. The first-order valence-electron chi connectivity index (χ1n) is 9.51. The summed E-state index contributed by atoms with van der Waals surface area (Å²) >= 11 is 6.27. The molecule has 0 radical (unpaired) electrons. The summed E-state index contributed by atoms with van der Waals surface area (Å²) in [4.78, 5) is 25.9. The first kappa shape index (κ1) is 23.0. The fourth-order valence-corrected chi connectivity index (χ4v) is 3.27. The van der Waals surface area contributed by atoms with E-state index < -0.39 is 5.97 Å². The maximum atomic E-state index is 12.2. The van der Waals surface area contributed by atoms with E-state index in [1.165, 1.54) is 13.2 Å². The third-order valence-corrected chi connectivity index (χ3v) is 4.41. The number of amides is 1. The number of halogens is 1. The molecule has 0 unspecified atom stereocenters. The Morgan fingerprint density at radius 2 is 1.93 bits per heavy atom. The highest BCUT2D eigenvalue weighted by molar-refractivity contribution is 6.32. The van der Waals surface area contributed by atoms with Crippen LogP contribution in [0.4, 0.5) is 0 Å². The summed E-state index contributed by atoms with van der Waals surface area (Å²) in [5, 5.41) is 0.372. The van der Waals surface area contributed by atoms with Crippen molar-refractivity contribution in [2.24, 2.45) is 0 Å². The molecule has 0 saturated carbocycles. The zero-order valence-corrected chi connectivity index (χ0v) is 18.2. The van der Waals surface area contributed by atoms with Crippen molar-refractivity contribution in [3.8, 4) is 11.5 Å². The average molecular weight is 426 g/mol. The number of nitrogens with zero attached hydrogens (tertiary/aromatic N) is 1. The van der Waals surface area contributed by atoms with Gasteiger partial charge in [0.25, 0.3) is 5.91 Å². The fraction of sp³-hybridized carbons (Fsp3) is 0.524. The van der Waals surface area contributed by atoms with E-state index >= 15 is 0 Å². The average Bonchev–Trinajstić information content (AvgIpc) is 2.65. The van der Waals surface area contributed by atoms with Crippen LogP contribution in [0.5, 0.6) is 11.5 Å². The van der Waals surface area contributed by atoms with Crippen LogP contribution in [0.25, 0.3) is 6.08 Å². The van der Waals surface area contributed by atoms with Gasteiger partial charge in [0.05, 0.1) is 30.4 Å². The van der Waals surface area contributed by atoms with Gasteiger partial charge in [0.15, 0.2) is 18.1 Å². The number of benzene rings is 1. The molecular weight excluding hydrogens is 398 g/mol. The van der Waals surface area contributed by atoms with E-state index in [1.807, 2.05) is 27.7 Å². The Balaban J connectivity index is 1.95. The Hall–Kier alpha value is -2.25. The van der Waals surface area contributed by atoms with Crippen LogP contribution in [-0.2, 0) is 19.1 Å². The Morgan fingerprint density at radius 1 is 1.28 bits per heavy atom. The van der Waals surface area contributed by atoms with Crippen molar-refractivity contribution in [3.05, 3.63) is 28.8 Å². The SMILES string of the molecule is COc1cc(/C=C/C(=O)OCC(=O)N2C[C@@H](C)O[C@@H](C)C2)cc(Cl)c1OC(C)C. The third kappa shape index (κ3) is 6.94. The standard InChI is InChI=1S/C21H28ClNO6/c1-13(2)28-21-17(22)8-16(9-18(21)26-5)6-7-20(25)27-12-19(24)23-10-14(3)29-15(4)11-23/h6-9,13-15H,10-12H2,1-5H3/b7-6+/t14-,15+. The first-order valence-corrected chi connectivity index (χ1v) is 9.89. The molecule has 0 bridgehead atoms. The Labute approximate surface area is 176 Å². The van der Waals surface area contributed by atoms with Gasteiger partial charge >= 0.3 is 5.97 Å². The summed E-state index contributed by atoms with van der Waals surface area (Å²) in [6, 6.07) is 3.36. The molecule has 7 nitrogen and oxygen atoms in total. The van der Waals surface area contributed by atoms with Crippen LogP contribution in [0.1, 0.15) is 33.3 Å². The molecule has 2 rings (SSSR count). The van der Waals surface area contributed by atoms with Crippen LogP contribution in [0.15, 0.2) is 18.2 Å². The van der Waals surface area contributed by atoms with Gasteiger partial charge < -0.3 is 23.8 Å². The van der Waals surface area contributed by atoms with E-state index in [4.69, 9.17) is 30.5 Å². The maximum Gasteiger partial charge on any atom is 0.331 e. The van der Waals surface area contributed by atoms with E-state index in [0.717, 1.165) is 0 Å². The molecule has 1 aromatic rings. The third-order valence-electron chi connectivity index (χ3n) is 4.13. The van der Waals surface area contributed by atoms with Crippen molar-refractivity contribution >= 4 is 29.6 Å². The Morgan fingerprint density at radius 3 is 2.52 bits per heavy atom. The molecule has 1 aromatic carbocycles. The van der Waals surface area contributed by atoms with Gasteiger partial charge in [-0.3, -0.25) is 4.79 Å². The van der Waals surface area contributed by atoms with Gasteiger partial charge in [-0.2, -0.15) is 0 Å². The quantitative estimate of drug-likeness (QED) is 0.492. The molecule has 8 heteroatoms.